The van der Waals surface area contributed by atoms with Crippen molar-refractivity contribution in [3.63, 3.8) is 0 Å². The zero-order chi connectivity index (χ0) is 57.3. The number of fused-ring (bicyclic) bond motifs is 1. The second kappa shape index (κ2) is 29.6. The summed E-state index contributed by atoms with van der Waals surface area (Å²) in [5.41, 5.74) is 8.79. The number of benzene rings is 2. The molecule has 0 saturated carbocycles. The number of aromatic amines is 1. The SMILES string of the molecule is C=C1[C@H](N[C@H](C=O)CC(C)C)N(C(=O)[C@H](N[C@H](C=O)CC(C)C)N2CCN(C(=O)[C@H](N[C@H](C=O)Cc3c[nH]c4ccccc34)N3CCN(C)[C@@H](N[C@H](C=O)Cc4ccccc4)C3=O)[C@@H](N[C@H](C=O)CCCCN)C2=O)CCN1C. The maximum Gasteiger partial charge on any atom is 0.262 e. The van der Waals surface area contributed by atoms with Crippen LogP contribution in [0.15, 0.2) is 73.1 Å². The second-order valence-corrected chi connectivity index (χ2v) is 21.9. The fourth-order valence-corrected chi connectivity index (χ4v) is 10.7. The zero-order valence-corrected chi connectivity index (χ0v) is 46.6. The van der Waals surface area contributed by atoms with Gasteiger partial charge in [0.15, 0.2) is 18.5 Å². The fraction of sp³-hybridized carbons (Fsp3) is 0.561. The van der Waals surface area contributed by atoms with Crippen molar-refractivity contribution in [2.75, 3.05) is 59.9 Å². The van der Waals surface area contributed by atoms with E-state index in [1.54, 1.807) is 18.1 Å². The van der Waals surface area contributed by atoms with Gasteiger partial charge < -0.3 is 59.2 Å². The average Bonchev–Trinajstić information content (AvgIpc) is 3.89. The van der Waals surface area contributed by atoms with E-state index in [1.165, 1.54) is 19.6 Å². The normalized spacial score (nSPS) is 21.2. The number of carbonyl (C=O) groups is 9. The summed E-state index contributed by atoms with van der Waals surface area (Å²) in [4.78, 5) is 138. The van der Waals surface area contributed by atoms with Gasteiger partial charge in [0.05, 0.1) is 30.2 Å². The molecule has 2 aromatic carbocycles. The molecule has 22 heteroatoms. The first-order valence-electron chi connectivity index (χ1n) is 27.6. The smallest absolute Gasteiger partial charge is 0.262 e. The first-order chi connectivity index (χ1) is 38.0. The summed E-state index contributed by atoms with van der Waals surface area (Å²) >= 11 is 0. The highest BCUT2D eigenvalue weighted by molar-refractivity contribution is 5.96. The summed E-state index contributed by atoms with van der Waals surface area (Å²) in [5, 5.41) is 16.9. The standard InChI is InChI=1S/C57H83N13O9/c1-37(2)27-43(33-72)61-49-39(5)65(6)21-23-67(49)55(77)52(63-44(34-73)28-38(3)4)70-26-25-69(51(56(70)78)60-42(32-71)17-13-14-20-58)57(79)53(64-46(36-75)30-41-31-59-48-19-12-11-18-47(41)48)68-24-22-66(7)50(54(68)76)62-45(35-74)29-40-15-9-8-10-16-40/h8-12,15-16,18-19,31-38,42-46,49-53,59-64H,5,13-14,17,20-30,58H2,1-4,6-7H3/t42-,43-,44-,45-,46-,49+,50+,51+,52+,53+/m0/s1. The number of hydrogen-bond donors (Lipinski definition) is 7. The summed E-state index contributed by atoms with van der Waals surface area (Å²) < 4.78 is 0. The van der Waals surface area contributed by atoms with Crippen molar-refractivity contribution in [2.24, 2.45) is 17.6 Å². The fourth-order valence-electron chi connectivity index (χ4n) is 10.7. The van der Waals surface area contributed by atoms with Crippen molar-refractivity contribution >= 4 is 66.0 Å². The van der Waals surface area contributed by atoms with Gasteiger partial charge in [0.2, 0.25) is 0 Å². The molecule has 3 aromatic rings. The van der Waals surface area contributed by atoms with Crippen LogP contribution in [-0.2, 0) is 56.0 Å². The summed E-state index contributed by atoms with van der Waals surface area (Å²) in [5.74, 6) is -2.67. The highest BCUT2D eigenvalue weighted by Gasteiger charge is 2.50. The number of nitrogens with zero attached hydrogens (tertiary/aromatic N) is 6. The van der Waals surface area contributed by atoms with E-state index in [0.717, 1.165) is 34.6 Å². The highest BCUT2D eigenvalue weighted by Crippen LogP contribution is 2.25. The Morgan fingerprint density at radius 1 is 0.633 bits per heavy atom. The van der Waals surface area contributed by atoms with E-state index >= 15 is 19.2 Å². The number of carbonyl (C=O) groups excluding carboxylic acids is 9. The van der Waals surface area contributed by atoms with Crippen LogP contribution >= 0.6 is 0 Å². The Bertz CT molecular complexity index is 2560. The third-order valence-electron chi connectivity index (χ3n) is 15.0. The molecule has 22 nitrogen and oxygen atoms in total. The molecule has 430 valence electrons. The van der Waals surface area contributed by atoms with E-state index in [0.29, 0.717) is 63.3 Å². The number of aldehydes is 5. The number of nitrogens with one attached hydrogen (secondary N) is 6. The molecule has 0 bridgehead atoms. The predicted octanol–water partition coefficient (Wildman–Crippen LogP) is 0.323. The van der Waals surface area contributed by atoms with Gasteiger partial charge in [-0.2, -0.15) is 0 Å². The molecule has 0 aliphatic carbocycles. The second-order valence-electron chi connectivity index (χ2n) is 21.9. The van der Waals surface area contributed by atoms with Crippen LogP contribution in [0.1, 0.15) is 70.9 Å². The van der Waals surface area contributed by atoms with Gasteiger partial charge in [-0.15, -0.1) is 0 Å². The van der Waals surface area contributed by atoms with Gasteiger partial charge in [-0.1, -0.05) is 89.2 Å². The summed E-state index contributed by atoms with van der Waals surface area (Å²) in [6.07, 6.45) is 0.961. The number of H-pyrrole nitrogens is 1. The minimum absolute atomic E-state index is 0.0147. The third-order valence-corrected chi connectivity index (χ3v) is 15.0. The van der Waals surface area contributed by atoms with Crippen molar-refractivity contribution in [1.29, 1.82) is 0 Å². The van der Waals surface area contributed by atoms with Gasteiger partial charge in [0.25, 0.3) is 23.6 Å². The lowest BCUT2D eigenvalue weighted by Crippen LogP contribution is -2.75. The number of unbranched alkanes of at least 4 members (excludes halogenated alkanes) is 1. The van der Waals surface area contributed by atoms with E-state index in [4.69, 9.17) is 5.73 Å². The summed E-state index contributed by atoms with van der Waals surface area (Å²) in [6, 6.07) is 12.4. The maximum atomic E-state index is 15.9. The number of aromatic nitrogens is 1. The van der Waals surface area contributed by atoms with Crippen LogP contribution in [0.3, 0.4) is 0 Å². The van der Waals surface area contributed by atoms with E-state index in [1.807, 2.05) is 94.2 Å². The lowest BCUT2D eigenvalue weighted by molar-refractivity contribution is -0.167. The minimum atomic E-state index is -1.64. The molecule has 79 heavy (non-hydrogen) atoms. The van der Waals surface area contributed by atoms with E-state index in [2.05, 4.69) is 38.1 Å². The molecular weight excluding hydrogens is 1010 g/mol. The number of piperazine rings is 3. The van der Waals surface area contributed by atoms with E-state index < -0.39 is 84.7 Å². The largest absolute Gasteiger partial charge is 0.374 e. The Labute approximate surface area is 463 Å². The van der Waals surface area contributed by atoms with Crippen molar-refractivity contribution in [3.05, 3.63) is 84.2 Å². The summed E-state index contributed by atoms with van der Waals surface area (Å²) in [7, 11) is 3.55. The number of likely N-dealkylation sites (N-methyl/N-ethyl adjacent to an activating group) is 2. The van der Waals surface area contributed by atoms with Gasteiger partial charge in [-0.3, -0.25) is 50.7 Å². The molecule has 3 aliphatic rings. The van der Waals surface area contributed by atoms with Crippen molar-refractivity contribution in [3.8, 4) is 0 Å². The minimum Gasteiger partial charge on any atom is -0.374 e. The van der Waals surface area contributed by atoms with E-state index in [-0.39, 0.29) is 63.8 Å². The number of hydrogen-bond acceptors (Lipinski definition) is 17. The molecule has 10 atom stereocenters. The van der Waals surface area contributed by atoms with Crippen LogP contribution in [-0.4, -0.2) is 210 Å². The lowest BCUT2D eigenvalue weighted by Gasteiger charge is -2.49. The average molecular weight is 1090 g/mol. The van der Waals surface area contributed by atoms with Crippen LogP contribution in [0, 0.1) is 11.8 Å². The monoisotopic (exact) mass is 1090 g/mol. The van der Waals surface area contributed by atoms with Crippen molar-refractivity contribution < 1.29 is 43.2 Å². The molecule has 6 rings (SSSR count). The van der Waals surface area contributed by atoms with Gasteiger partial charge in [-0.25, -0.2) is 0 Å². The maximum absolute atomic E-state index is 15.9. The summed E-state index contributed by atoms with van der Waals surface area (Å²) in [6.45, 7) is 12.6. The quantitative estimate of drug-likeness (QED) is 0.0338. The van der Waals surface area contributed by atoms with Gasteiger partial charge in [0, 0.05) is 69.1 Å². The van der Waals surface area contributed by atoms with Crippen molar-refractivity contribution in [2.45, 2.75) is 134 Å². The Morgan fingerprint density at radius 2 is 1.16 bits per heavy atom. The van der Waals surface area contributed by atoms with E-state index in [9.17, 15) is 24.0 Å². The third kappa shape index (κ3) is 15.9. The Balaban J connectivity index is 1.42. The molecule has 0 radical (unpaired) electrons. The number of rotatable bonds is 31. The zero-order valence-electron chi connectivity index (χ0n) is 46.6. The Hall–Kier alpha value is -6.53. The van der Waals surface area contributed by atoms with Gasteiger partial charge >= 0.3 is 0 Å². The molecule has 0 spiro atoms. The number of para-hydroxylation sites is 1. The van der Waals surface area contributed by atoms with Crippen LogP contribution in [0.5, 0.6) is 0 Å². The van der Waals surface area contributed by atoms with Gasteiger partial charge in [-0.05, 0) is 81.1 Å². The molecule has 0 unspecified atom stereocenters. The highest BCUT2D eigenvalue weighted by atomic mass is 16.2. The molecule has 3 aliphatic heterocycles. The first kappa shape index (κ1) is 61.7. The molecule has 1 aromatic heterocycles. The lowest BCUT2D eigenvalue weighted by atomic mass is 10.0. The van der Waals surface area contributed by atoms with Gasteiger partial charge in [0.1, 0.15) is 43.8 Å². The molecule has 4 amide bonds. The molecule has 4 heterocycles. The van der Waals surface area contributed by atoms with Crippen LogP contribution in [0.2, 0.25) is 0 Å². The molecule has 3 fully saturated rings. The Kier molecular flexibility index (Phi) is 23.1. The molecular formula is C57H83N13O9. The van der Waals surface area contributed by atoms with Crippen LogP contribution in [0.4, 0.5) is 0 Å². The Morgan fingerprint density at radius 3 is 1.78 bits per heavy atom. The van der Waals surface area contributed by atoms with Crippen LogP contribution < -0.4 is 32.3 Å². The number of nitrogens with two attached hydrogens (primary N) is 1. The number of amides is 4. The predicted molar refractivity (Wildman–Crippen MR) is 299 cm³/mol. The molecule has 3 saturated heterocycles. The first-order valence-corrected chi connectivity index (χ1v) is 27.6. The topological polar surface area (TPSA) is 275 Å². The molecule has 8 N–H and O–H groups in total. The van der Waals surface area contributed by atoms with Crippen LogP contribution in [0.25, 0.3) is 10.9 Å². The van der Waals surface area contributed by atoms with Crippen molar-refractivity contribution in [1.82, 2.24) is 61.0 Å².